The molecule has 23 heavy (non-hydrogen) atoms. The predicted octanol–water partition coefficient (Wildman–Crippen LogP) is 3.00. The lowest BCUT2D eigenvalue weighted by Crippen LogP contribution is -2.47. The monoisotopic (exact) mass is 329 g/mol. The maximum Gasteiger partial charge on any atom is 0.266 e. The maximum atomic E-state index is 12.9. The number of hydrogen-bond donors (Lipinski definition) is 1. The molecule has 1 aliphatic heterocycles. The van der Waals surface area contributed by atoms with Crippen molar-refractivity contribution in [3.63, 3.8) is 0 Å². The fraction of sp³-hybridized carbons (Fsp3) is 0.444. The van der Waals surface area contributed by atoms with E-state index in [9.17, 15) is 4.79 Å². The summed E-state index contributed by atoms with van der Waals surface area (Å²) >= 11 is 1.53. The van der Waals surface area contributed by atoms with Crippen LogP contribution in [0.4, 0.5) is 0 Å². The molecule has 0 bridgehead atoms. The van der Waals surface area contributed by atoms with Crippen LogP contribution in [0.5, 0.6) is 0 Å². The number of nitrogens with two attached hydrogens (primary N) is 1. The first kappa shape index (κ1) is 16.1. The third-order valence-electron chi connectivity index (χ3n) is 4.39. The second-order valence-electron chi connectivity index (χ2n) is 6.07. The molecule has 0 saturated carbocycles. The Kier molecular flexibility index (Phi) is 5.08. The Balaban J connectivity index is 1.78. The number of piperidine rings is 1. The summed E-state index contributed by atoms with van der Waals surface area (Å²) in [6.45, 7) is 3.28. The molecule has 0 spiro atoms. The van der Waals surface area contributed by atoms with Crippen LogP contribution in [0.15, 0.2) is 30.3 Å². The number of nitrogens with zero attached hydrogens (tertiary/aromatic N) is 2. The number of amides is 1. The third kappa shape index (κ3) is 3.62. The summed E-state index contributed by atoms with van der Waals surface area (Å²) in [5.41, 5.74) is 7.91. The topological polar surface area (TPSA) is 59.2 Å². The van der Waals surface area contributed by atoms with Crippen LogP contribution in [0.2, 0.25) is 0 Å². The van der Waals surface area contributed by atoms with Crippen LogP contribution in [0, 0.1) is 6.92 Å². The number of thiazole rings is 1. The Labute approximate surface area is 141 Å². The average Bonchev–Trinajstić information content (AvgIpc) is 2.95. The van der Waals surface area contributed by atoms with E-state index in [0.717, 1.165) is 47.8 Å². The van der Waals surface area contributed by atoms with Gasteiger partial charge in [-0.25, -0.2) is 4.98 Å². The standard InChI is InChI=1S/C18H23N3OS/c1-13-17(18(22)21-10-6-5-9-15(21)12-19)23-16(20-13)11-14-7-3-2-4-8-14/h2-4,7-8,15H,5-6,9-12,19H2,1H3. The lowest BCUT2D eigenvalue weighted by molar-refractivity contribution is 0.0627. The Morgan fingerprint density at radius 2 is 2.13 bits per heavy atom. The summed E-state index contributed by atoms with van der Waals surface area (Å²) in [5, 5.41) is 0.998. The largest absolute Gasteiger partial charge is 0.334 e. The summed E-state index contributed by atoms with van der Waals surface area (Å²) in [6, 6.07) is 10.4. The van der Waals surface area contributed by atoms with Gasteiger partial charge in [0.1, 0.15) is 4.88 Å². The van der Waals surface area contributed by atoms with Gasteiger partial charge in [0.25, 0.3) is 5.91 Å². The molecule has 0 aliphatic carbocycles. The summed E-state index contributed by atoms with van der Waals surface area (Å²) in [4.78, 5) is 20.2. The van der Waals surface area contributed by atoms with E-state index in [1.807, 2.05) is 30.0 Å². The van der Waals surface area contributed by atoms with E-state index in [1.54, 1.807) is 0 Å². The Morgan fingerprint density at radius 1 is 1.35 bits per heavy atom. The van der Waals surface area contributed by atoms with Crippen LogP contribution < -0.4 is 5.73 Å². The van der Waals surface area contributed by atoms with Crippen molar-refractivity contribution in [1.29, 1.82) is 0 Å². The molecule has 1 aromatic carbocycles. The fourth-order valence-corrected chi connectivity index (χ4v) is 4.20. The summed E-state index contributed by atoms with van der Waals surface area (Å²) in [5.74, 6) is 0.106. The minimum Gasteiger partial charge on any atom is -0.334 e. The van der Waals surface area contributed by atoms with Gasteiger partial charge in [-0.2, -0.15) is 0 Å². The lowest BCUT2D eigenvalue weighted by atomic mass is 10.0. The van der Waals surface area contributed by atoms with Gasteiger partial charge in [0.05, 0.1) is 10.7 Å². The van der Waals surface area contributed by atoms with Gasteiger partial charge in [0, 0.05) is 25.6 Å². The van der Waals surface area contributed by atoms with Crippen LogP contribution in [-0.4, -0.2) is 34.9 Å². The summed E-state index contributed by atoms with van der Waals surface area (Å²) in [7, 11) is 0. The molecule has 2 heterocycles. The molecule has 2 aromatic rings. The summed E-state index contributed by atoms with van der Waals surface area (Å²) < 4.78 is 0. The van der Waals surface area contributed by atoms with Crippen molar-refractivity contribution >= 4 is 17.2 Å². The first-order chi connectivity index (χ1) is 11.2. The molecule has 122 valence electrons. The second-order valence-corrected chi connectivity index (χ2v) is 7.15. The van der Waals surface area contributed by atoms with Crippen LogP contribution in [-0.2, 0) is 6.42 Å². The fourth-order valence-electron chi connectivity index (χ4n) is 3.14. The molecule has 1 fully saturated rings. The summed E-state index contributed by atoms with van der Waals surface area (Å²) in [6.07, 6.45) is 4.01. The number of aromatic nitrogens is 1. The molecule has 5 heteroatoms. The van der Waals surface area contributed by atoms with Gasteiger partial charge < -0.3 is 10.6 Å². The van der Waals surface area contributed by atoms with Crippen LogP contribution in [0.3, 0.4) is 0 Å². The lowest BCUT2D eigenvalue weighted by Gasteiger charge is -2.34. The van der Waals surface area contributed by atoms with Crippen LogP contribution in [0.25, 0.3) is 0 Å². The smallest absolute Gasteiger partial charge is 0.266 e. The Bertz CT molecular complexity index is 668. The van der Waals surface area contributed by atoms with E-state index in [0.29, 0.717) is 6.54 Å². The highest BCUT2D eigenvalue weighted by Crippen LogP contribution is 2.25. The SMILES string of the molecule is Cc1nc(Cc2ccccc2)sc1C(=O)N1CCCCC1CN. The van der Waals surface area contributed by atoms with Gasteiger partial charge in [-0.3, -0.25) is 4.79 Å². The maximum absolute atomic E-state index is 12.9. The van der Waals surface area contributed by atoms with Crippen molar-refractivity contribution in [2.75, 3.05) is 13.1 Å². The quantitative estimate of drug-likeness (QED) is 0.938. The highest BCUT2D eigenvalue weighted by Gasteiger charge is 2.29. The molecule has 1 unspecified atom stereocenters. The third-order valence-corrected chi connectivity index (χ3v) is 5.54. The van der Waals surface area contributed by atoms with Crippen molar-refractivity contribution in [1.82, 2.24) is 9.88 Å². The van der Waals surface area contributed by atoms with Crippen LogP contribution >= 0.6 is 11.3 Å². The molecular formula is C18H23N3OS. The first-order valence-electron chi connectivity index (χ1n) is 8.20. The zero-order valence-corrected chi connectivity index (χ0v) is 14.3. The highest BCUT2D eigenvalue weighted by atomic mass is 32.1. The van der Waals surface area contributed by atoms with E-state index in [4.69, 9.17) is 5.73 Å². The number of aryl methyl sites for hydroxylation is 1. The number of carbonyl (C=O) groups excluding carboxylic acids is 1. The number of rotatable bonds is 4. The van der Waals surface area contributed by atoms with Crippen molar-refractivity contribution in [3.8, 4) is 0 Å². The first-order valence-corrected chi connectivity index (χ1v) is 9.02. The van der Waals surface area contributed by atoms with E-state index < -0.39 is 0 Å². The van der Waals surface area contributed by atoms with Crippen LogP contribution in [0.1, 0.15) is 45.2 Å². The zero-order chi connectivity index (χ0) is 16.2. The molecule has 1 saturated heterocycles. The molecule has 0 radical (unpaired) electrons. The number of hydrogen-bond acceptors (Lipinski definition) is 4. The zero-order valence-electron chi connectivity index (χ0n) is 13.5. The highest BCUT2D eigenvalue weighted by molar-refractivity contribution is 7.13. The van der Waals surface area contributed by atoms with Gasteiger partial charge >= 0.3 is 0 Å². The average molecular weight is 329 g/mol. The Morgan fingerprint density at radius 3 is 2.87 bits per heavy atom. The molecule has 4 nitrogen and oxygen atoms in total. The Hall–Kier alpha value is -1.72. The molecule has 1 atom stereocenters. The van der Waals surface area contributed by atoms with Crippen molar-refractivity contribution < 1.29 is 4.79 Å². The van der Waals surface area contributed by atoms with Gasteiger partial charge in [0.15, 0.2) is 0 Å². The van der Waals surface area contributed by atoms with Gasteiger partial charge in [0.2, 0.25) is 0 Å². The number of carbonyl (C=O) groups is 1. The van der Waals surface area contributed by atoms with Gasteiger partial charge in [-0.05, 0) is 31.7 Å². The minimum atomic E-state index is 0.106. The van der Waals surface area contributed by atoms with Crippen molar-refractivity contribution in [3.05, 3.63) is 51.5 Å². The van der Waals surface area contributed by atoms with E-state index >= 15 is 0 Å². The molecular weight excluding hydrogens is 306 g/mol. The number of benzene rings is 1. The minimum absolute atomic E-state index is 0.106. The number of likely N-dealkylation sites (tertiary alicyclic amines) is 1. The van der Waals surface area contributed by atoms with Gasteiger partial charge in [-0.1, -0.05) is 30.3 Å². The van der Waals surface area contributed by atoms with Crippen molar-refractivity contribution in [2.45, 2.75) is 38.6 Å². The van der Waals surface area contributed by atoms with E-state index in [1.165, 1.54) is 16.9 Å². The second kappa shape index (κ2) is 7.23. The molecule has 3 rings (SSSR count). The van der Waals surface area contributed by atoms with E-state index in [-0.39, 0.29) is 11.9 Å². The van der Waals surface area contributed by atoms with Crippen molar-refractivity contribution in [2.24, 2.45) is 5.73 Å². The normalized spacial score (nSPS) is 18.2. The van der Waals surface area contributed by atoms with Gasteiger partial charge in [-0.15, -0.1) is 11.3 Å². The molecule has 1 amide bonds. The van der Waals surface area contributed by atoms with E-state index in [2.05, 4.69) is 17.1 Å². The molecule has 2 N–H and O–H groups in total. The predicted molar refractivity (Wildman–Crippen MR) is 93.8 cm³/mol. The molecule has 1 aliphatic rings. The molecule has 1 aromatic heterocycles.